The van der Waals surface area contributed by atoms with Crippen molar-refractivity contribution in [1.82, 2.24) is 20.9 Å². The summed E-state index contributed by atoms with van der Waals surface area (Å²) in [4.78, 5) is 132. The minimum absolute atomic E-state index is 0.102. The third kappa shape index (κ3) is 11.9. The largest absolute Gasteiger partial charge is 0.481 e. The highest BCUT2D eigenvalue weighted by molar-refractivity contribution is 6.27. The van der Waals surface area contributed by atoms with Crippen molar-refractivity contribution in [2.45, 2.75) is 76.8 Å². The summed E-state index contributed by atoms with van der Waals surface area (Å²) in [5.41, 5.74) is 1.99. The van der Waals surface area contributed by atoms with Crippen LogP contribution in [-0.2, 0) is 44.8 Å². The van der Waals surface area contributed by atoms with Crippen molar-refractivity contribution in [2.24, 2.45) is 11.8 Å². The zero-order valence-electron chi connectivity index (χ0n) is 34.1. The molecule has 2 aliphatic heterocycles. The Bertz CT molecular complexity index is 2230. The molecule has 0 aliphatic carbocycles. The number of benzene rings is 3. The van der Waals surface area contributed by atoms with Gasteiger partial charge in [-0.15, -0.1) is 0 Å². The summed E-state index contributed by atoms with van der Waals surface area (Å²) in [5.74, 6) is -12.6. The van der Waals surface area contributed by atoms with Crippen molar-refractivity contribution in [2.75, 3.05) is 31.1 Å². The maximum Gasteiger partial charge on any atom is 0.325 e. The lowest BCUT2D eigenvalue weighted by atomic mass is 9.91. The molecule has 18 heteroatoms. The molecule has 0 saturated carbocycles. The Kier molecular flexibility index (Phi) is 15.6. The molecule has 0 unspecified atom stereocenters. The maximum absolute atomic E-state index is 13.9. The first kappa shape index (κ1) is 46.1. The van der Waals surface area contributed by atoms with E-state index in [1.165, 1.54) is 6.92 Å². The highest BCUT2D eigenvalue weighted by Crippen LogP contribution is 2.37. The summed E-state index contributed by atoms with van der Waals surface area (Å²) >= 11 is 0. The number of hydrogen-bond acceptors (Lipinski definition) is 11. The number of carboxylic acids is 3. The molecule has 3 aromatic rings. The van der Waals surface area contributed by atoms with Crippen LogP contribution >= 0.6 is 0 Å². The molecule has 3 aromatic carbocycles. The van der Waals surface area contributed by atoms with E-state index in [4.69, 9.17) is 10.2 Å². The van der Waals surface area contributed by atoms with Crippen LogP contribution in [0.25, 0.3) is 10.8 Å². The number of anilines is 1. The van der Waals surface area contributed by atoms with E-state index in [-0.39, 0.29) is 24.0 Å². The monoisotopic (exact) mass is 855 g/mol. The van der Waals surface area contributed by atoms with Gasteiger partial charge in [-0.1, -0.05) is 42.5 Å². The van der Waals surface area contributed by atoms with Crippen LogP contribution in [0.3, 0.4) is 0 Å². The van der Waals surface area contributed by atoms with Gasteiger partial charge in [0.1, 0.15) is 12.6 Å². The topological polar surface area (TPSA) is 274 Å². The van der Waals surface area contributed by atoms with E-state index in [9.17, 15) is 53.1 Å². The standard InChI is InChI=1S/C44H49N5O13/c1-25(44(61)62)46-41(58)27(13-16-37(53)54)20-29(50)23-45-40(57)28(22-38(55)56)21-35(51)33(19-26-9-4-2-5-10-26)47-36(52)24-49-42(59)31-12-8-11-30-34(48-17-6-3-7-18-48)15-14-32(39(30)31)43(49)60/h2,4-5,8-12,14-15,25,27-28,33H,3,6-7,13,16-24H2,1H3,(H,45,57)(H,46,58)(H,47,52)(H,53,54)(H,55,56)(H,61,62)/t25-,27+,28-,33-/m0/s1. The molecule has 1 saturated heterocycles. The second-order valence-corrected chi connectivity index (χ2v) is 15.5. The Morgan fingerprint density at radius 1 is 0.710 bits per heavy atom. The van der Waals surface area contributed by atoms with Gasteiger partial charge in [0.2, 0.25) is 17.7 Å². The van der Waals surface area contributed by atoms with Crippen molar-refractivity contribution in [3.8, 4) is 0 Å². The van der Waals surface area contributed by atoms with Gasteiger partial charge in [0.25, 0.3) is 11.8 Å². The number of amides is 5. The highest BCUT2D eigenvalue weighted by Gasteiger charge is 2.37. The molecule has 1 fully saturated rings. The second kappa shape index (κ2) is 21.0. The number of nitrogens with zero attached hydrogens (tertiary/aromatic N) is 2. The molecule has 2 aliphatic rings. The Hall–Kier alpha value is -6.98. The fraction of sp³-hybridized carbons (Fsp3) is 0.409. The van der Waals surface area contributed by atoms with Crippen LogP contribution in [0.5, 0.6) is 0 Å². The molecule has 6 N–H and O–H groups in total. The van der Waals surface area contributed by atoms with E-state index in [2.05, 4.69) is 20.9 Å². The third-order valence-electron chi connectivity index (χ3n) is 11.0. The maximum atomic E-state index is 13.9. The highest BCUT2D eigenvalue weighted by atomic mass is 16.4. The summed E-state index contributed by atoms with van der Waals surface area (Å²) < 4.78 is 0. The van der Waals surface area contributed by atoms with Crippen molar-refractivity contribution in [3.05, 3.63) is 77.4 Å². The zero-order valence-corrected chi connectivity index (χ0v) is 34.1. The van der Waals surface area contributed by atoms with E-state index in [1.807, 2.05) is 12.1 Å². The quantitative estimate of drug-likeness (QED) is 0.0793. The molecule has 5 amide bonds. The fourth-order valence-corrected chi connectivity index (χ4v) is 7.71. The van der Waals surface area contributed by atoms with Gasteiger partial charge in [-0.05, 0) is 62.8 Å². The van der Waals surface area contributed by atoms with Crippen LogP contribution in [0.1, 0.15) is 84.6 Å². The Labute approximate surface area is 356 Å². The van der Waals surface area contributed by atoms with Gasteiger partial charge < -0.3 is 36.2 Å². The first-order valence-electron chi connectivity index (χ1n) is 20.3. The van der Waals surface area contributed by atoms with Crippen LogP contribution in [0.15, 0.2) is 60.7 Å². The molecule has 0 radical (unpaired) electrons. The number of carbonyl (C=O) groups excluding carboxylic acids is 7. The SMILES string of the molecule is C[C@H](NC(=O)[C@H](CCC(=O)O)CC(=O)CNC(=O)[C@H](CC(=O)O)CC(=O)[C@H](Cc1ccccc1)NC(=O)CN1C(=O)c2cccc3c(N4CCCCC4)ccc(c23)C1=O)C(=O)O. The van der Waals surface area contributed by atoms with Gasteiger partial charge in [-0.2, -0.15) is 0 Å². The van der Waals surface area contributed by atoms with E-state index in [0.717, 1.165) is 48.3 Å². The van der Waals surface area contributed by atoms with Gasteiger partial charge in [-0.3, -0.25) is 52.8 Å². The van der Waals surface area contributed by atoms with E-state index < -0.39 is 122 Å². The summed E-state index contributed by atoms with van der Waals surface area (Å²) in [7, 11) is 0. The van der Waals surface area contributed by atoms with Gasteiger partial charge in [0.05, 0.1) is 24.9 Å². The fourth-order valence-electron chi connectivity index (χ4n) is 7.71. The Morgan fingerprint density at radius 2 is 1.39 bits per heavy atom. The molecule has 328 valence electrons. The second-order valence-electron chi connectivity index (χ2n) is 15.5. The third-order valence-corrected chi connectivity index (χ3v) is 11.0. The molecule has 2 heterocycles. The van der Waals surface area contributed by atoms with Gasteiger partial charge in [0.15, 0.2) is 11.6 Å². The number of piperidine rings is 1. The normalized spacial score (nSPS) is 15.5. The molecule has 0 aromatic heterocycles. The average Bonchev–Trinajstić information content (AvgIpc) is 3.24. The summed E-state index contributed by atoms with van der Waals surface area (Å²) in [6.45, 7) is 1.38. The number of carboxylic acid groups (broad SMARTS) is 3. The molecule has 62 heavy (non-hydrogen) atoms. The lowest BCUT2D eigenvalue weighted by molar-refractivity contribution is -0.143. The first-order chi connectivity index (χ1) is 29.5. The summed E-state index contributed by atoms with van der Waals surface area (Å²) in [5, 5.41) is 36.2. The molecule has 5 rings (SSSR count). The van der Waals surface area contributed by atoms with Crippen molar-refractivity contribution >= 4 is 75.5 Å². The van der Waals surface area contributed by atoms with Gasteiger partial charge in [0, 0.05) is 65.9 Å². The predicted octanol–water partition coefficient (Wildman–Crippen LogP) is 2.35. The van der Waals surface area contributed by atoms with E-state index in [0.29, 0.717) is 10.9 Å². The zero-order chi connectivity index (χ0) is 45.1. The Morgan fingerprint density at radius 3 is 2.03 bits per heavy atom. The lowest BCUT2D eigenvalue weighted by Crippen LogP contribution is -2.51. The molecule has 0 spiro atoms. The van der Waals surface area contributed by atoms with Crippen molar-refractivity contribution in [1.29, 1.82) is 0 Å². The lowest BCUT2D eigenvalue weighted by Gasteiger charge is -2.32. The van der Waals surface area contributed by atoms with Crippen LogP contribution in [-0.4, -0.2) is 117 Å². The molecular formula is C44H49N5O13. The molecule has 18 nitrogen and oxygen atoms in total. The number of Topliss-reactive ketones (excluding diaryl/α,β-unsaturated/α-hetero) is 2. The number of carbonyl (C=O) groups is 10. The van der Waals surface area contributed by atoms with Gasteiger partial charge >= 0.3 is 17.9 Å². The number of hydrogen-bond donors (Lipinski definition) is 6. The number of nitrogens with one attached hydrogen (secondary N) is 3. The van der Waals surface area contributed by atoms with Crippen LogP contribution in [0.4, 0.5) is 5.69 Å². The smallest absolute Gasteiger partial charge is 0.325 e. The van der Waals surface area contributed by atoms with E-state index >= 15 is 0 Å². The van der Waals surface area contributed by atoms with Crippen molar-refractivity contribution < 1.29 is 63.3 Å². The van der Waals surface area contributed by atoms with Crippen LogP contribution in [0, 0.1) is 11.8 Å². The summed E-state index contributed by atoms with van der Waals surface area (Å²) in [6.07, 6.45) is 0.0790. The minimum Gasteiger partial charge on any atom is -0.481 e. The number of aliphatic carboxylic acids is 3. The Balaban J connectivity index is 1.28. The van der Waals surface area contributed by atoms with Gasteiger partial charge in [-0.25, -0.2) is 0 Å². The molecule has 4 atom stereocenters. The first-order valence-corrected chi connectivity index (χ1v) is 20.3. The molecular weight excluding hydrogens is 807 g/mol. The van der Waals surface area contributed by atoms with E-state index in [1.54, 1.807) is 48.5 Å². The van der Waals surface area contributed by atoms with Crippen molar-refractivity contribution in [3.63, 3.8) is 0 Å². The predicted molar refractivity (Wildman–Crippen MR) is 221 cm³/mol. The number of rotatable bonds is 22. The van der Waals surface area contributed by atoms with Crippen LogP contribution in [0.2, 0.25) is 0 Å². The number of ketones is 2. The summed E-state index contributed by atoms with van der Waals surface area (Å²) in [6, 6.07) is 14.4. The minimum atomic E-state index is -1.54. The average molecular weight is 856 g/mol. The molecule has 0 bridgehead atoms. The van der Waals surface area contributed by atoms with Crippen LogP contribution < -0.4 is 20.9 Å². The number of imide groups is 1.